The molecule has 50 heavy (non-hydrogen) atoms. The summed E-state index contributed by atoms with van der Waals surface area (Å²) in [5, 5.41) is 12.2. The van der Waals surface area contributed by atoms with Crippen LogP contribution in [0, 0.1) is 23.7 Å². The Morgan fingerprint density at radius 2 is 1.08 bits per heavy atom. The fourth-order valence-corrected chi connectivity index (χ4v) is 6.84. The number of benzene rings is 4. The fourth-order valence-electron chi connectivity index (χ4n) is 6.12. The predicted octanol–water partition coefficient (Wildman–Crippen LogP) is 7.12. The number of carbonyl (C=O) groups is 4. The molecule has 1 heterocycles. The molecule has 6 rings (SSSR count). The quantitative estimate of drug-likeness (QED) is 0.123. The van der Waals surface area contributed by atoms with Crippen molar-refractivity contribution in [2.75, 3.05) is 0 Å². The van der Waals surface area contributed by atoms with Gasteiger partial charge in [-0.3, -0.25) is 19.2 Å². The van der Waals surface area contributed by atoms with Crippen LogP contribution in [0.3, 0.4) is 0 Å². The van der Waals surface area contributed by atoms with Crippen LogP contribution in [0.2, 0.25) is 0 Å². The van der Waals surface area contributed by atoms with Gasteiger partial charge in [-0.15, -0.1) is 11.3 Å². The van der Waals surface area contributed by atoms with Gasteiger partial charge in [0, 0.05) is 11.4 Å². The maximum atomic E-state index is 14.6. The van der Waals surface area contributed by atoms with Crippen LogP contribution < -0.4 is 4.74 Å². The smallest absolute Gasteiger partial charge is 0.311 e. The van der Waals surface area contributed by atoms with E-state index in [1.807, 2.05) is 72.1 Å². The third-order valence-electron chi connectivity index (χ3n) is 8.62. The van der Waals surface area contributed by atoms with Gasteiger partial charge in [0.1, 0.15) is 24.7 Å². The second-order valence-corrected chi connectivity index (χ2v) is 13.0. The Morgan fingerprint density at radius 3 is 1.58 bits per heavy atom. The Bertz CT molecular complexity index is 1820. The summed E-state index contributed by atoms with van der Waals surface area (Å²) in [6, 6.07) is 38.3. The molecule has 1 aliphatic carbocycles. The lowest BCUT2D eigenvalue weighted by molar-refractivity contribution is -0.195. The van der Waals surface area contributed by atoms with Crippen molar-refractivity contribution in [3.63, 3.8) is 0 Å². The van der Waals surface area contributed by atoms with E-state index < -0.39 is 47.5 Å². The van der Waals surface area contributed by atoms with Gasteiger partial charge < -0.3 is 24.2 Å². The van der Waals surface area contributed by atoms with Crippen molar-refractivity contribution < 1.29 is 38.5 Å². The number of hydrogen-bond donors (Lipinski definition) is 1. The summed E-state index contributed by atoms with van der Waals surface area (Å²) in [5.41, 5.74) is 2.18. The minimum absolute atomic E-state index is 0.108. The van der Waals surface area contributed by atoms with Crippen molar-refractivity contribution >= 4 is 35.2 Å². The number of nitrogens with zero attached hydrogens (tertiary/aromatic N) is 1. The first-order chi connectivity index (χ1) is 24.4. The molecular weight excluding hydrogens is 655 g/mol. The Kier molecular flexibility index (Phi) is 11.0. The monoisotopic (exact) mass is 689 g/mol. The third kappa shape index (κ3) is 8.27. The Morgan fingerprint density at radius 1 is 0.560 bits per heavy atom. The van der Waals surface area contributed by atoms with Gasteiger partial charge in [-0.1, -0.05) is 97.1 Å². The van der Waals surface area contributed by atoms with Crippen LogP contribution >= 0.6 is 11.3 Å². The second-order valence-electron chi connectivity index (χ2n) is 12.0. The highest BCUT2D eigenvalue weighted by Gasteiger charge is 2.65. The first-order valence-electron chi connectivity index (χ1n) is 16.1. The molecule has 5 aromatic rings. The third-order valence-corrected chi connectivity index (χ3v) is 9.49. The summed E-state index contributed by atoms with van der Waals surface area (Å²) in [7, 11) is 0. The van der Waals surface area contributed by atoms with E-state index in [9.17, 15) is 24.3 Å². The van der Waals surface area contributed by atoms with Crippen LogP contribution in [0.1, 0.15) is 21.6 Å². The molecule has 4 aromatic carbocycles. The molecule has 1 amide bonds. The highest BCUT2D eigenvalue weighted by molar-refractivity contribution is 7.09. The summed E-state index contributed by atoms with van der Waals surface area (Å²) >= 11 is 1.46. The predicted molar refractivity (Wildman–Crippen MR) is 186 cm³/mol. The summed E-state index contributed by atoms with van der Waals surface area (Å²) in [5.74, 6) is -7.95. The zero-order valence-electron chi connectivity index (χ0n) is 27.0. The molecule has 2 atom stereocenters. The number of rotatable bonds is 14. The van der Waals surface area contributed by atoms with E-state index in [0.717, 1.165) is 10.4 Å². The van der Waals surface area contributed by atoms with Gasteiger partial charge in [0.25, 0.3) is 0 Å². The molecule has 254 valence electrons. The second kappa shape index (κ2) is 16.1. The van der Waals surface area contributed by atoms with E-state index in [1.165, 1.54) is 11.3 Å². The van der Waals surface area contributed by atoms with Crippen molar-refractivity contribution in [2.24, 2.45) is 23.7 Å². The molecule has 0 saturated heterocycles. The van der Waals surface area contributed by atoms with Crippen LogP contribution in [-0.2, 0) is 55.0 Å². The lowest BCUT2D eigenvalue weighted by Gasteiger charge is -2.47. The Balaban J connectivity index is 1.27. The van der Waals surface area contributed by atoms with Gasteiger partial charge in [-0.2, -0.15) is 0 Å². The Hall–Kier alpha value is -5.74. The van der Waals surface area contributed by atoms with E-state index in [1.54, 1.807) is 65.6 Å². The van der Waals surface area contributed by atoms with Crippen molar-refractivity contribution in [1.29, 1.82) is 0 Å². The van der Waals surface area contributed by atoms with Gasteiger partial charge >= 0.3 is 17.9 Å². The average molecular weight is 690 g/mol. The van der Waals surface area contributed by atoms with Gasteiger partial charge in [0.2, 0.25) is 5.91 Å². The molecule has 10 heteroatoms. The van der Waals surface area contributed by atoms with Crippen molar-refractivity contribution in [2.45, 2.75) is 26.3 Å². The minimum atomic E-state index is -1.51. The molecule has 0 bridgehead atoms. The molecule has 1 fully saturated rings. The number of aliphatic carboxylic acids is 1. The highest BCUT2D eigenvalue weighted by atomic mass is 32.1. The van der Waals surface area contributed by atoms with E-state index >= 15 is 0 Å². The molecule has 1 saturated carbocycles. The zero-order chi connectivity index (χ0) is 34.9. The van der Waals surface area contributed by atoms with Crippen LogP contribution in [0.15, 0.2) is 133 Å². The number of thiophene rings is 1. The summed E-state index contributed by atoms with van der Waals surface area (Å²) in [6.07, 6.45) is 0. The fraction of sp³-hybridized carbons (Fsp3) is 0.200. The topological polar surface area (TPSA) is 119 Å². The average Bonchev–Trinajstić information content (AvgIpc) is 3.64. The number of carboxylic acid groups (broad SMARTS) is 1. The molecule has 9 nitrogen and oxygen atoms in total. The van der Waals surface area contributed by atoms with Crippen LogP contribution in [0.5, 0.6) is 11.5 Å². The Labute approximate surface area is 293 Å². The van der Waals surface area contributed by atoms with Crippen LogP contribution in [0.4, 0.5) is 0 Å². The first-order valence-corrected chi connectivity index (χ1v) is 17.0. The minimum Gasteiger partial charge on any atom is -0.481 e. The number of esters is 2. The number of carbonyl (C=O) groups excluding carboxylic acids is 3. The number of ether oxygens (including phenoxy) is 3. The maximum Gasteiger partial charge on any atom is 0.311 e. The largest absolute Gasteiger partial charge is 0.481 e. The van der Waals surface area contributed by atoms with E-state index in [2.05, 4.69) is 0 Å². The first kappa shape index (κ1) is 34.1. The van der Waals surface area contributed by atoms with Crippen molar-refractivity contribution in [3.05, 3.63) is 154 Å². The highest BCUT2D eigenvalue weighted by Crippen LogP contribution is 2.49. The molecule has 0 unspecified atom stereocenters. The maximum absolute atomic E-state index is 14.6. The van der Waals surface area contributed by atoms with E-state index in [-0.39, 0.29) is 26.3 Å². The van der Waals surface area contributed by atoms with Gasteiger partial charge in [-0.25, -0.2) is 0 Å². The van der Waals surface area contributed by atoms with Crippen molar-refractivity contribution in [3.8, 4) is 11.5 Å². The molecule has 1 N–H and O–H groups in total. The van der Waals surface area contributed by atoms with Gasteiger partial charge in [0.15, 0.2) is 0 Å². The normalized spacial score (nSPS) is 17.9. The van der Waals surface area contributed by atoms with Crippen molar-refractivity contribution in [1.82, 2.24) is 4.90 Å². The standard InChI is InChI=1S/C40H35NO8S/c42-37(41(24-32-17-10-22-50-32)23-27-18-20-31(21-19-27)49-30-15-8-3-9-16-30)33-35(39(45)47-25-28-11-4-1-5-12-28)34(38(43)44)36(33)40(46)48-26-29-13-6-2-7-14-29/h1-22,33-36H,23-26H2,(H,43,44)/t33-,34-,35-,36-/m0/s1. The SMILES string of the molecule is O=C(OCc1ccccc1)[C@@H]1[C@H](C(=O)O)[C@@H](C(=O)OCc2ccccc2)[C@H]1C(=O)N(Cc1ccc(Oc2ccccc2)cc1)Cc1cccs1. The number of carboxylic acids is 1. The lowest BCUT2D eigenvalue weighted by atomic mass is 9.55. The lowest BCUT2D eigenvalue weighted by Crippen LogP contribution is -2.62. The molecule has 1 aromatic heterocycles. The number of hydrogen-bond acceptors (Lipinski definition) is 8. The molecule has 0 aliphatic heterocycles. The molecule has 0 spiro atoms. The van der Waals surface area contributed by atoms with E-state index in [0.29, 0.717) is 22.6 Å². The molecular formula is C40H35NO8S. The number of para-hydroxylation sites is 1. The van der Waals surface area contributed by atoms with Gasteiger partial charge in [-0.05, 0) is 52.4 Å². The van der Waals surface area contributed by atoms with Crippen LogP contribution in [-0.4, -0.2) is 33.8 Å². The molecule has 0 radical (unpaired) electrons. The van der Waals surface area contributed by atoms with E-state index in [4.69, 9.17) is 14.2 Å². The molecule has 1 aliphatic rings. The van der Waals surface area contributed by atoms with Crippen LogP contribution in [0.25, 0.3) is 0 Å². The van der Waals surface area contributed by atoms with Gasteiger partial charge in [0.05, 0.1) is 30.2 Å². The summed E-state index contributed by atoms with van der Waals surface area (Å²) in [4.78, 5) is 57.0. The number of amides is 1. The zero-order valence-corrected chi connectivity index (χ0v) is 27.8. The summed E-state index contributed by atoms with van der Waals surface area (Å²) < 4.78 is 17.1. The summed E-state index contributed by atoms with van der Waals surface area (Å²) in [6.45, 7) is 0.102.